The van der Waals surface area contributed by atoms with Gasteiger partial charge in [-0.25, -0.2) is 4.98 Å². The molecule has 3 aliphatic rings. The van der Waals surface area contributed by atoms with Gasteiger partial charge in [-0.1, -0.05) is 0 Å². The van der Waals surface area contributed by atoms with Crippen molar-refractivity contribution in [1.82, 2.24) is 19.7 Å². The molecule has 3 heterocycles. The van der Waals surface area contributed by atoms with E-state index in [2.05, 4.69) is 28.5 Å². The van der Waals surface area contributed by atoms with E-state index in [1.165, 1.54) is 25.1 Å². The Bertz CT molecular complexity index is 990. The summed E-state index contributed by atoms with van der Waals surface area (Å²) in [5, 5.41) is 4.71. The first-order valence-electron chi connectivity index (χ1n) is 11.0. The van der Waals surface area contributed by atoms with Crippen LogP contribution in [0.3, 0.4) is 0 Å². The number of rotatable bonds is 6. The lowest BCUT2D eigenvalue weighted by Crippen LogP contribution is -2.55. The van der Waals surface area contributed by atoms with Gasteiger partial charge in [-0.2, -0.15) is 5.10 Å². The van der Waals surface area contributed by atoms with E-state index in [0.29, 0.717) is 41.2 Å². The summed E-state index contributed by atoms with van der Waals surface area (Å²) in [7, 11) is 1.77. The van der Waals surface area contributed by atoms with Crippen molar-refractivity contribution in [3.8, 4) is 17.0 Å². The summed E-state index contributed by atoms with van der Waals surface area (Å²) in [4.78, 5) is 6.41. The Labute approximate surface area is 184 Å². The molecule has 3 fully saturated rings. The van der Waals surface area contributed by atoms with E-state index >= 15 is 0 Å². The number of aromatic nitrogens is 3. The first kappa shape index (κ1) is 21.5. The second-order valence-corrected chi connectivity index (χ2v) is 9.44. The van der Waals surface area contributed by atoms with E-state index in [9.17, 15) is 13.2 Å². The van der Waals surface area contributed by atoms with E-state index in [1.54, 1.807) is 7.11 Å². The number of anilines is 1. The zero-order valence-corrected chi connectivity index (χ0v) is 18.3. The number of nitrogens with zero attached hydrogens (tertiary/aromatic N) is 4. The van der Waals surface area contributed by atoms with Crippen LogP contribution in [0.1, 0.15) is 44.3 Å². The van der Waals surface area contributed by atoms with Gasteiger partial charge in [-0.3, -0.25) is 9.58 Å². The van der Waals surface area contributed by atoms with Crippen LogP contribution in [-0.2, 0) is 4.74 Å². The van der Waals surface area contributed by atoms with Gasteiger partial charge >= 0.3 is 6.36 Å². The summed E-state index contributed by atoms with van der Waals surface area (Å²) in [6.07, 6.45) is -0.671. The molecule has 0 aromatic carbocycles. The number of nitrogen functional groups attached to an aromatic ring is 1. The van der Waals surface area contributed by atoms with Gasteiger partial charge in [-0.15, -0.1) is 13.2 Å². The molecule has 2 N–H and O–H groups in total. The minimum absolute atomic E-state index is 0.140. The summed E-state index contributed by atoms with van der Waals surface area (Å²) >= 11 is 0. The zero-order valence-electron chi connectivity index (χ0n) is 18.3. The summed E-state index contributed by atoms with van der Waals surface area (Å²) in [5.41, 5.74) is 7.76. The molecule has 32 heavy (non-hydrogen) atoms. The van der Waals surface area contributed by atoms with Gasteiger partial charge in [0.1, 0.15) is 0 Å². The predicted molar refractivity (Wildman–Crippen MR) is 112 cm³/mol. The zero-order chi connectivity index (χ0) is 22.8. The maximum absolute atomic E-state index is 12.7. The lowest BCUT2D eigenvalue weighted by atomic mass is 9.99. The van der Waals surface area contributed by atoms with Crippen LogP contribution in [0.25, 0.3) is 11.3 Å². The molecular weight excluding hydrogens is 423 g/mol. The Hall–Kier alpha value is -2.33. The highest BCUT2D eigenvalue weighted by atomic mass is 19.4. The molecule has 1 unspecified atom stereocenters. The smallest absolute Gasteiger partial charge is 0.402 e. The lowest BCUT2D eigenvalue weighted by molar-refractivity contribution is -0.274. The Morgan fingerprint density at radius 1 is 1.16 bits per heavy atom. The minimum atomic E-state index is -4.83. The summed E-state index contributed by atoms with van der Waals surface area (Å²) in [6.45, 7) is 6.16. The summed E-state index contributed by atoms with van der Waals surface area (Å²) in [6, 6.07) is 4.02. The molecule has 0 bridgehead atoms. The average molecular weight is 451 g/mol. The van der Waals surface area contributed by atoms with Crippen LogP contribution in [0, 0.1) is 11.8 Å². The standard InChI is InChI=1S/C22H28F3N5O2/c1-11(2)30-18(20-15-5-13(6-16(15)20)29-9-14(10-29)31-3)7-17(28-30)12-4-19(21(26)27-8-12)32-22(23,24)25/h4,7-8,11,13-16,20H,5-6,9-10H2,1-3H3,(H2,26,27)/t13?,15-,16+,20+. The number of alkyl halides is 3. The fourth-order valence-corrected chi connectivity index (χ4v) is 5.48. The fraction of sp³-hybridized carbons (Fsp3) is 0.636. The van der Waals surface area contributed by atoms with Gasteiger partial charge in [-0.05, 0) is 50.7 Å². The maximum Gasteiger partial charge on any atom is 0.573 e. The highest BCUT2D eigenvalue weighted by molar-refractivity contribution is 5.64. The number of pyridine rings is 1. The molecule has 0 spiro atoms. The van der Waals surface area contributed by atoms with Gasteiger partial charge in [0.25, 0.3) is 0 Å². The van der Waals surface area contributed by atoms with Crippen LogP contribution in [0.4, 0.5) is 19.0 Å². The number of hydrogen-bond donors (Lipinski definition) is 1. The molecule has 1 saturated heterocycles. The van der Waals surface area contributed by atoms with E-state index < -0.39 is 12.1 Å². The van der Waals surface area contributed by atoms with E-state index in [4.69, 9.17) is 15.6 Å². The topological polar surface area (TPSA) is 78.4 Å². The SMILES string of the molecule is COC1CN(C2C[C@@H]3[C@H](C2)[C@H]3c2cc(-c3cnc(N)c(OC(F)(F)F)c3)nn2C(C)C)C1. The highest BCUT2D eigenvalue weighted by Crippen LogP contribution is 2.64. The van der Waals surface area contributed by atoms with Gasteiger partial charge in [0.2, 0.25) is 0 Å². The lowest BCUT2D eigenvalue weighted by Gasteiger charge is -2.43. The number of methoxy groups -OCH3 is 1. The molecule has 5 rings (SSSR count). The molecule has 2 aliphatic carbocycles. The number of fused-ring (bicyclic) bond motifs is 1. The van der Waals surface area contributed by atoms with Gasteiger partial charge in [0.15, 0.2) is 11.6 Å². The Kier molecular flexibility index (Phi) is 5.12. The molecule has 0 radical (unpaired) electrons. The van der Waals surface area contributed by atoms with E-state index in [1.807, 2.05) is 10.7 Å². The third kappa shape index (κ3) is 3.83. The van der Waals surface area contributed by atoms with Crippen molar-refractivity contribution in [3.63, 3.8) is 0 Å². The summed E-state index contributed by atoms with van der Waals surface area (Å²) < 4.78 is 49.5. The average Bonchev–Trinajstić information content (AvgIpc) is 3.04. The second kappa shape index (κ2) is 7.62. The van der Waals surface area contributed by atoms with Crippen LogP contribution < -0.4 is 10.5 Å². The molecule has 174 valence electrons. The van der Waals surface area contributed by atoms with Crippen molar-refractivity contribution in [1.29, 1.82) is 0 Å². The molecular formula is C22H28F3N5O2. The third-order valence-corrected chi connectivity index (χ3v) is 7.14. The van der Waals surface area contributed by atoms with Crippen molar-refractivity contribution in [2.45, 2.75) is 57.2 Å². The van der Waals surface area contributed by atoms with Gasteiger partial charge < -0.3 is 15.2 Å². The van der Waals surface area contributed by atoms with Crippen LogP contribution in [0.15, 0.2) is 18.3 Å². The Balaban J connectivity index is 1.35. The minimum Gasteiger partial charge on any atom is -0.402 e. The molecule has 4 atom stereocenters. The quantitative estimate of drug-likeness (QED) is 0.719. The molecule has 7 nitrogen and oxygen atoms in total. The molecule has 1 aliphatic heterocycles. The highest BCUT2D eigenvalue weighted by Gasteiger charge is 2.59. The Morgan fingerprint density at radius 3 is 2.44 bits per heavy atom. The van der Waals surface area contributed by atoms with Crippen molar-refractivity contribution >= 4 is 5.82 Å². The first-order valence-corrected chi connectivity index (χ1v) is 11.0. The Morgan fingerprint density at radius 2 is 1.84 bits per heavy atom. The second-order valence-electron chi connectivity index (χ2n) is 9.44. The number of nitrogens with two attached hydrogens (primary N) is 1. The first-order chi connectivity index (χ1) is 15.1. The van der Waals surface area contributed by atoms with Crippen LogP contribution in [0.2, 0.25) is 0 Å². The van der Waals surface area contributed by atoms with Crippen LogP contribution >= 0.6 is 0 Å². The molecule has 0 amide bonds. The monoisotopic (exact) mass is 451 g/mol. The molecule has 2 aromatic rings. The van der Waals surface area contributed by atoms with Crippen molar-refractivity contribution in [2.24, 2.45) is 11.8 Å². The number of hydrogen-bond acceptors (Lipinski definition) is 6. The van der Waals surface area contributed by atoms with Crippen LogP contribution in [0.5, 0.6) is 5.75 Å². The number of likely N-dealkylation sites (tertiary alicyclic amines) is 1. The van der Waals surface area contributed by atoms with Gasteiger partial charge in [0, 0.05) is 55.7 Å². The van der Waals surface area contributed by atoms with Crippen molar-refractivity contribution in [3.05, 3.63) is 24.0 Å². The van der Waals surface area contributed by atoms with Crippen LogP contribution in [-0.4, -0.2) is 58.4 Å². The molecule has 10 heteroatoms. The van der Waals surface area contributed by atoms with Gasteiger partial charge in [0.05, 0.1) is 11.8 Å². The normalized spacial score (nSPS) is 28.1. The maximum atomic E-state index is 12.7. The largest absolute Gasteiger partial charge is 0.573 e. The number of halogens is 3. The molecule has 2 saturated carbocycles. The fourth-order valence-electron chi connectivity index (χ4n) is 5.48. The van der Waals surface area contributed by atoms with E-state index in [-0.39, 0.29) is 11.9 Å². The van der Waals surface area contributed by atoms with E-state index in [0.717, 1.165) is 18.8 Å². The van der Waals surface area contributed by atoms with Crippen molar-refractivity contribution in [2.75, 3.05) is 25.9 Å². The van der Waals surface area contributed by atoms with Crippen molar-refractivity contribution < 1.29 is 22.6 Å². The third-order valence-electron chi connectivity index (χ3n) is 7.14. The predicted octanol–water partition coefficient (Wildman–Crippen LogP) is 3.83. The molecule has 2 aromatic heterocycles. The summed E-state index contributed by atoms with van der Waals surface area (Å²) in [5.74, 6) is 0.904. The number of ether oxygens (including phenoxy) is 2.